The van der Waals surface area contributed by atoms with Crippen LogP contribution in [0.1, 0.15) is 70.0 Å². The summed E-state index contributed by atoms with van der Waals surface area (Å²) in [5.41, 5.74) is 3.04. The Morgan fingerprint density at radius 3 is 1.59 bits per heavy atom. The molecule has 1 aromatic carbocycles. The van der Waals surface area contributed by atoms with Crippen LogP contribution in [-0.4, -0.2) is 5.78 Å². The number of rotatable bonds is 1. The number of aryl methyl sites for hydroxylation is 2. The molecule has 1 nitrogen and oxygen atoms in total. The first-order valence-electron chi connectivity index (χ1n) is 6.69. The quantitative estimate of drug-likeness (QED) is 0.583. The van der Waals surface area contributed by atoms with Gasteiger partial charge in [-0.15, -0.1) is 0 Å². The summed E-state index contributed by atoms with van der Waals surface area (Å²) in [6.45, 7) is 17.5. The highest BCUT2D eigenvalue weighted by molar-refractivity contribution is 5.95. The van der Waals surface area contributed by atoms with Gasteiger partial charge in [-0.05, 0) is 32.4 Å². The molecule has 100 valence electrons. The van der Waals surface area contributed by atoms with Gasteiger partial charge in [0.2, 0.25) is 0 Å². The zero-order valence-electron chi connectivity index (χ0n) is 13.1. The van der Waals surface area contributed by atoms with E-state index in [0.29, 0.717) is 0 Å². The second-order valence-electron chi connectivity index (χ2n) is 2.87. The van der Waals surface area contributed by atoms with E-state index in [0.717, 1.165) is 16.7 Å². The van der Waals surface area contributed by atoms with Crippen molar-refractivity contribution < 1.29 is 4.79 Å². The maximum Gasteiger partial charge on any atom is 0.160 e. The molecule has 1 heteroatoms. The molecule has 0 aliphatic rings. The van der Waals surface area contributed by atoms with E-state index in [1.165, 1.54) is 0 Å². The Kier molecular flexibility index (Phi) is 18.6. The molecule has 17 heavy (non-hydrogen) atoms. The molecule has 0 heterocycles. The van der Waals surface area contributed by atoms with E-state index in [1.54, 1.807) is 6.92 Å². The minimum Gasteiger partial charge on any atom is -0.295 e. The van der Waals surface area contributed by atoms with Crippen molar-refractivity contribution in [1.29, 1.82) is 0 Å². The highest BCUT2D eigenvalue weighted by atomic mass is 16.1. The van der Waals surface area contributed by atoms with E-state index >= 15 is 0 Å². The van der Waals surface area contributed by atoms with Crippen molar-refractivity contribution in [3.63, 3.8) is 0 Å². The van der Waals surface area contributed by atoms with Crippen LogP contribution in [0.2, 0.25) is 0 Å². The third-order valence-electron chi connectivity index (χ3n) is 1.77. The maximum absolute atomic E-state index is 11.0. The topological polar surface area (TPSA) is 17.1 Å². The number of carbonyl (C=O) groups excluding carboxylic acids is 1. The summed E-state index contributed by atoms with van der Waals surface area (Å²) in [5.74, 6) is 0.145. The number of benzene rings is 1. The molecule has 0 fully saturated rings. The van der Waals surface area contributed by atoms with Crippen molar-refractivity contribution in [2.24, 2.45) is 0 Å². The van der Waals surface area contributed by atoms with Crippen LogP contribution in [0.5, 0.6) is 0 Å². The first-order valence-corrected chi connectivity index (χ1v) is 6.69. The molecule has 0 radical (unpaired) electrons. The van der Waals surface area contributed by atoms with Crippen molar-refractivity contribution in [1.82, 2.24) is 0 Å². The van der Waals surface area contributed by atoms with Crippen molar-refractivity contribution >= 4 is 5.78 Å². The second-order valence-corrected chi connectivity index (χ2v) is 2.87. The van der Waals surface area contributed by atoms with Gasteiger partial charge in [0.15, 0.2) is 5.78 Å². The molecule has 0 bridgehead atoms. The Balaban J connectivity index is -0.000000285. The first-order chi connectivity index (χ1) is 8.11. The van der Waals surface area contributed by atoms with Crippen molar-refractivity contribution in [3.8, 4) is 0 Å². The Bertz CT molecular complexity index is 288. The van der Waals surface area contributed by atoms with Crippen LogP contribution in [-0.2, 0) is 0 Å². The van der Waals surface area contributed by atoms with E-state index in [1.807, 2.05) is 73.6 Å². The van der Waals surface area contributed by atoms with E-state index in [9.17, 15) is 4.79 Å². The number of Topliss-reactive ketones (excluding diaryl/α,β-unsaturated/α-hetero) is 1. The fraction of sp³-hybridized carbons (Fsp3) is 0.562. The lowest BCUT2D eigenvalue weighted by atomic mass is 10.0. The zero-order chi connectivity index (χ0) is 14.4. The van der Waals surface area contributed by atoms with E-state index in [4.69, 9.17) is 0 Å². The highest BCUT2D eigenvalue weighted by Gasteiger charge is 2.01. The van der Waals surface area contributed by atoms with Gasteiger partial charge in [-0.2, -0.15) is 0 Å². The van der Waals surface area contributed by atoms with Gasteiger partial charge in [-0.25, -0.2) is 0 Å². The van der Waals surface area contributed by atoms with Gasteiger partial charge in [0.1, 0.15) is 0 Å². The van der Waals surface area contributed by atoms with Gasteiger partial charge in [0.05, 0.1) is 0 Å². The average molecular weight is 238 g/mol. The van der Waals surface area contributed by atoms with Crippen molar-refractivity contribution in [3.05, 3.63) is 34.9 Å². The molecule has 0 spiro atoms. The van der Waals surface area contributed by atoms with Gasteiger partial charge in [-0.1, -0.05) is 59.2 Å². The largest absolute Gasteiger partial charge is 0.295 e. The van der Waals surface area contributed by atoms with Gasteiger partial charge in [-0.3, -0.25) is 4.79 Å². The summed E-state index contributed by atoms with van der Waals surface area (Å²) in [6, 6.07) is 5.92. The third kappa shape index (κ3) is 9.80. The molecule has 1 aromatic rings. The SMILES string of the molecule is CC.CC.CC.CC(=O)c1cc(C)ccc1C. The summed E-state index contributed by atoms with van der Waals surface area (Å²) in [6.07, 6.45) is 0. The first kappa shape index (κ1) is 21.2. The van der Waals surface area contributed by atoms with E-state index < -0.39 is 0 Å². The summed E-state index contributed by atoms with van der Waals surface area (Å²) in [5, 5.41) is 0. The van der Waals surface area contributed by atoms with Crippen molar-refractivity contribution in [2.75, 3.05) is 0 Å². The van der Waals surface area contributed by atoms with Crippen LogP contribution in [0.4, 0.5) is 0 Å². The summed E-state index contributed by atoms with van der Waals surface area (Å²) < 4.78 is 0. The molecule has 0 amide bonds. The lowest BCUT2D eigenvalue weighted by molar-refractivity contribution is 0.101. The summed E-state index contributed by atoms with van der Waals surface area (Å²) in [4.78, 5) is 11.0. The molecule has 0 unspecified atom stereocenters. The van der Waals surface area contributed by atoms with Gasteiger partial charge in [0, 0.05) is 5.56 Å². The third-order valence-corrected chi connectivity index (χ3v) is 1.77. The van der Waals surface area contributed by atoms with Gasteiger partial charge >= 0.3 is 0 Å². The van der Waals surface area contributed by atoms with Crippen LogP contribution in [0, 0.1) is 13.8 Å². The molecular formula is C16H30O. The normalized spacial score (nSPS) is 7.35. The molecule has 0 N–H and O–H groups in total. The van der Waals surface area contributed by atoms with Gasteiger partial charge < -0.3 is 0 Å². The Morgan fingerprint density at radius 2 is 1.29 bits per heavy atom. The Morgan fingerprint density at radius 1 is 0.882 bits per heavy atom. The fourth-order valence-electron chi connectivity index (χ4n) is 1.12. The maximum atomic E-state index is 11.0. The number of ketones is 1. The molecule has 1 rings (SSSR count). The smallest absolute Gasteiger partial charge is 0.160 e. The monoisotopic (exact) mass is 238 g/mol. The molecule has 0 atom stereocenters. The molecule has 0 aliphatic heterocycles. The van der Waals surface area contributed by atoms with Crippen LogP contribution in [0.3, 0.4) is 0 Å². The van der Waals surface area contributed by atoms with E-state index in [2.05, 4.69) is 0 Å². The fourth-order valence-corrected chi connectivity index (χ4v) is 1.12. The predicted molar refractivity (Wildman–Crippen MR) is 80.0 cm³/mol. The van der Waals surface area contributed by atoms with Crippen LogP contribution < -0.4 is 0 Å². The minimum absolute atomic E-state index is 0.145. The van der Waals surface area contributed by atoms with Gasteiger partial charge in [0.25, 0.3) is 0 Å². The highest BCUT2D eigenvalue weighted by Crippen LogP contribution is 2.10. The van der Waals surface area contributed by atoms with Crippen LogP contribution in [0.25, 0.3) is 0 Å². The lowest BCUT2D eigenvalue weighted by Gasteiger charge is -2.01. The Hall–Kier alpha value is -1.11. The predicted octanol–water partition coefficient (Wildman–Crippen LogP) is 5.58. The summed E-state index contributed by atoms with van der Waals surface area (Å²) in [7, 11) is 0. The van der Waals surface area contributed by atoms with E-state index in [-0.39, 0.29) is 5.78 Å². The molecule has 0 aliphatic carbocycles. The molecular weight excluding hydrogens is 208 g/mol. The second kappa shape index (κ2) is 14.9. The molecule has 0 saturated heterocycles. The van der Waals surface area contributed by atoms with Crippen LogP contribution in [0.15, 0.2) is 18.2 Å². The van der Waals surface area contributed by atoms with Crippen LogP contribution >= 0.6 is 0 Å². The number of hydrogen-bond acceptors (Lipinski definition) is 1. The minimum atomic E-state index is 0.145. The Labute approximate surface area is 108 Å². The zero-order valence-corrected chi connectivity index (χ0v) is 13.1. The number of carbonyl (C=O) groups is 1. The molecule has 0 aromatic heterocycles. The van der Waals surface area contributed by atoms with Crippen molar-refractivity contribution in [2.45, 2.75) is 62.3 Å². The standard InChI is InChI=1S/C10H12O.3C2H6/c1-7-4-5-8(2)10(6-7)9(3)11;3*1-2/h4-6H,1-3H3;3*1-2H3. The molecule has 0 saturated carbocycles. The lowest BCUT2D eigenvalue weighted by Crippen LogP contribution is -1.95. The average Bonchev–Trinajstić information content (AvgIpc) is 2.39. The summed E-state index contributed by atoms with van der Waals surface area (Å²) >= 11 is 0. The number of hydrogen-bond donors (Lipinski definition) is 0.